The summed E-state index contributed by atoms with van der Waals surface area (Å²) in [6, 6.07) is 0. The highest BCUT2D eigenvalue weighted by atomic mass is 16.6. The number of methoxy groups -OCH3 is 3. The monoisotopic (exact) mass is 578 g/mol. The predicted molar refractivity (Wildman–Crippen MR) is 141 cm³/mol. The first-order chi connectivity index (χ1) is 19.5. The van der Waals surface area contributed by atoms with E-state index in [-0.39, 0.29) is 30.3 Å². The third-order valence-electron chi connectivity index (χ3n) is 10.5. The maximum atomic E-state index is 13.1. The van der Waals surface area contributed by atoms with Gasteiger partial charge in [0.05, 0.1) is 23.7 Å². The molecule has 2 bridgehead atoms. The van der Waals surface area contributed by atoms with Gasteiger partial charge < -0.3 is 38.0 Å². The number of esters is 3. The minimum atomic E-state index is -1.18. The molecule has 0 radical (unpaired) electrons. The van der Waals surface area contributed by atoms with E-state index in [1.807, 2.05) is 6.92 Å². The van der Waals surface area contributed by atoms with Gasteiger partial charge in [0.1, 0.15) is 24.6 Å². The molecule has 12 atom stereocenters. The molecule has 4 fully saturated rings. The number of aldehydes is 1. The molecule has 0 unspecified atom stereocenters. The van der Waals surface area contributed by atoms with Crippen molar-refractivity contribution in [1.82, 2.24) is 0 Å². The third-order valence-corrected chi connectivity index (χ3v) is 10.5. The normalized spacial score (nSPS) is 45.3. The van der Waals surface area contributed by atoms with Crippen molar-refractivity contribution < 1.29 is 52.3 Å². The molecule has 5 rings (SSSR count). The van der Waals surface area contributed by atoms with Crippen LogP contribution in [0.4, 0.5) is 0 Å². The van der Waals surface area contributed by atoms with Crippen molar-refractivity contribution in [1.29, 1.82) is 0 Å². The Hall–Kier alpha value is -2.34. The van der Waals surface area contributed by atoms with Gasteiger partial charge in [0.25, 0.3) is 0 Å². The summed E-state index contributed by atoms with van der Waals surface area (Å²) in [5.41, 5.74) is -2.21. The Labute approximate surface area is 240 Å². The SMILES string of the molecule is CCO[C@@]12C[C@H](OC)[C@@]3(OC(C)=O)C[C@@H]([C@H]4C5=CC[C@@H](OC(C)=O)[C@](C=O)(COC)[C@H]5[C@@H](OC)[C@H]41)[C@@H]2[C@H]3OC(C)=O. The predicted octanol–water partition coefficient (Wildman–Crippen LogP) is 2.03. The molecule has 5 aliphatic carbocycles. The Bertz CT molecular complexity index is 1120. The van der Waals surface area contributed by atoms with Crippen LogP contribution in [0.2, 0.25) is 0 Å². The smallest absolute Gasteiger partial charge is 0.303 e. The standard InChI is InChI=1S/C30H42O11/c1-8-38-30-12-21(36-6)29(41-17(4)34)11-19(24(30)27(29)40-16(3)33)22-18-9-10-20(39-15(2)32)28(13-31,14-35-5)23(18)26(37-7)25(22)30/h9,13,19-27H,8,10-12,14H2,1-7H3/t19-,20+,21-,22+,23+,24+,25-,26+,27+,28-,29-,30+/m0/s1. The Morgan fingerprint density at radius 3 is 2.17 bits per heavy atom. The van der Waals surface area contributed by atoms with Crippen LogP contribution in [0.3, 0.4) is 0 Å². The van der Waals surface area contributed by atoms with E-state index in [1.54, 1.807) is 14.2 Å². The molecule has 0 spiro atoms. The van der Waals surface area contributed by atoms with Gasteiger partial charge in [-0.05, 0) is 25.2 Å². The van der Waals surface area contributed by atoms with Crippen LogP contribution in [-0.2, 0) is 52.3 Å². The highest BCUT2D eigenvalue weighted by Gasteiger charge is 2.83. The molecule has 0 N–H and O–H groups in total. The van der Waals surface area contributed by atoms with E-state index in [0.29, 0.717) is 25.9 Å². The van der Waals surface area contributed by atoms with Crippen molar-refractivity contribution >= 4 is 24.2 Å². The van der Waals surface area contributed by atoms with E-state index < -0.39 is 64.9 Å². The van der Waals surface area contributed by atoms with E-state index in [1.165, 1.54) is 27.9 Å². The summed E-state index contributed by atoms with van der Waals surface area (Å²) in [4.78, 5) is 50.2. The number of hydrogen-bond acceptors (Lipinski definition) is 11. The van der Waals surface area contributed by atoms with Crippen LogP contribution in [-0.4, -0.2) is 94.4 Å². The van der Waals surface area contributed by atoms with Crippen molar-refractivity contribution in [2.45, 2.75) is 82.6 Å². The van der Waals surface area contributed by atoms with E-state index >= 15 is 0 Å². The molecule has 0 aliphatic heterocycles. The fraction of sp³-hybridized carbons (Fsp3) is 0.800. The Balaban J connectivity index is 1.72. The molecule has 41 heavy (non-hydrogen) atoms. The van der Waals surface area contributed by atoms with Gasteiger partial charge >= 0.3 is 17.9 Å². The van der Waals surface area contributed by atoms with E-state index in [2.05, 4.69) is 6.08 Å². The quantitative estimate of drug-likeness (QED) is 0.163. The first-order valence-electron chi connectivity index (χ1n) is 14.4. The summed E-state index contributed by atoms with van der Waals surface area (Å²) in [7, 11) is 4.71. The van der Waals surface area contributed by atoms with Gasteiger partial charge in [-0.15, -0.1) is 0 Å². The maximum Gasteiger partial charge on any atom is 0.303 e. The van der Waals surface area contributed by atoms with Crippen molar-refractivity contribution in [2.24, 2.45) is 35.0 Å². The van der Waals surface area contributed by atoms with Crippen LogP contribution in [0.1, 0.15) is 47.0 Å². The number of fused-ring (bicyclic) bond motifs is 6. The fourth-order valence-corrected chi connectivity index (χ4v) is 9.88. The maximum absolute atomic E-state index is 13.1. The highest BCUT2D eigenvalue weighted by molar-refractivity contribution is 5.70. The zero-order valence-corrected chi connectivity index (χ0v) is 24.9. The average Bonchev–Trinajstić information content (AvgIpc) is 3.46. The minimum Gasteiger partial charge on any atom is -0.461 e. The van der Waals surface area contributed by atoms with Crippen molar-refractivity contribution in [3.63, 3.8) is 0 Å². The van der Waals surface area contributed by atoms with Gasteiger partial charge in [0.15, 0.2) is 5.60 Å². The highest BCUT2D eigenvalue weighted by Crippen LogP contribution is 2.74. The van der Waals surface area contributed by atoms with E-state index in [9.17, 15) is 19.2 Å². The zero-order valence-electron chi connectivity index (χ0n) is 24.9. The van der Waals surface area contributed by atoms with Gasteiger partial charge in [0, 0.05) is 79.3 Å². The summed E-state index contributed by atoms with van der Waals surface area (Å²) < 4.78 is 42.5. The van der Waals surface area contributed by atoms with Crippen LogP contribution in [0.15, 0.2) is 11.6 Å². The molecular formula is C30H42O11. The summed E-state index contributed by atoms with van der Waals surface area (Å²) in [5, 5.41) is 0. The molecule has 11 heteroatoms. The molecule has 11 nitrogen and oxygen atoms in total. The van der Waals surface area contributed by atoms with Crippen LogP contribution >= 0.6 is 0 Å². The number of carbonyl (C=O) groups is 4. The second-order valence-corrected chi connectivity index (χ2v) is 12.2. The topological polar surface area (TPSA) is 133 Å². The van der Waals surface area contributed by atoms with Crippen molar-refractivity contribution in [3.8, 4) is 0 Å². The molecule has 0 heterocycles. The molecule has 0 aromatic rings. The fourth-order valence-electron chi connectivity index (χ4n) is 9.88. The van der Waals surface area contributed by atoms with Crippen LogP contribution < -0.4 is 0 Å². The zero-order chi connectivity index (χ0) is 29.9. The summed E-state index contributed by atoms with van der Waals surface area (Å²) >= 11 is 0. The van der Waals surface area contributed by atoms with Crippen LogP contribution in [0, 0.1) is 35.0 Å². The summed E-state index contributed by atoms with van der Waals surface area (Å²) in [6.07, 6.45) is 1.45. The van der Waals surface area contributed by atoms with Crippen LogP contribution in [0.5, 0.6) is 0 Å². The number of carbonyl (C=O) groups excluding carboxylic acids is 4. The minimum absolute atomic E-state index is 0.0413. The second-order valence-electron chi connectivity index (χ2n) is 12.2. The lowest BCUT2D eigenvalue weighted by atomic mass is 9.62. The molecule has 5 aliphatic rings. The van der Waals surface area contributed by atoms with Gasteiger partial charge in [-0.3, -0.25) is 14.4 Å². The number of rotatable bonds is 10. The average molecular weight is 579 g/mol. The van der Waals surface area contributed by atoms with Crippen LogP contribution in [0.25, 0.3) is 0 Å². The van der Waals surface area contributed by atoms with E-state index in [0.717, 1.165) is 11.9 Å². The lowest BCUT2D eigenvalue weighted by Crippen LogP contribution is -2.67. The molecule has 4 saturated carbocycles. The first kappa shape index (κ1) is 30.1. The Morgan fingerprint density at radius 1 is 0.927 bits per heavy atom. The Kier molecular flexibility index (Phi) is 7.89. The van der Waals surface area contributed by atoms with Gasteiger partial charge in [-0.1, -0.05) is 11.6 Å². The first-order valence-corrected chi connectivity index (χ1v) is 14.4. The summed E-state index contributed by atoms with van der Waals surface area (Å²) in [5.74, 6) is -2.67. The molecule has 0 amide bonds. The number of ether oxygens (including phenoxy) is 7. The molecule has 0 aromatic heterocycles. The largest absolute Gasteiger partial charge is 0.461 e. The number of hydrogen-bond donors (Lipinski definition) is 0. The second kappa shape index (κ2) is 10.7. The van der Waals surface area contributed by atoms with Gasteiger partial charge in [-0.2, -0.15) is 0 Å². The third kappa shape index (κ3) is 4.06. The lowest BCUT2D eigenvalue weighted by molar-refractivity contribution is -0.262. The Morgan fingerprint density at radius 2 is 1.63 bits per heavy atom. The lowest BCUT2D eigenvalue weighted by Gasteiger charge is -2.54. The molecular weight excluding hydrogens is 536 g/mol. The molecule has 228 valence electrons. The van der Waals surface area contributed by atoms with Gasteiger partial charge in [0.2, 0.25) is 0 Å². The molecule has 0 saturated heterocycles. The van der Waals surface area contributed by atoms with Crippen molar-refractivity contribution in [3.05, 3.63) is 11.6 Å². The van der Waals surface area contributed by atoms with Gasteiger partial charge in [-0.25, -0.2) is 0 Å². The molecule has 0 aromatic carbocycles. The summed E-state index contributed by atoms with van der Waals surface area (Å²) in [6.45, 7) is 6.37. The van der Waals surface area contributed by atoms with E-state index in [4.69, 9.17) is 33.2 Å². The van der Waals surface area contributed by atoms with Crippen molar-refractivity contribution in [2.75, 3.05) is 34.5 Å².